The summed E-state index contributed by atoms with van der Waals surface area (Å²) in [6.45, 7) is 3.62. The summed E-state index contributed by atoms with van der Waals surface area (Å²) in [5.41, 5.74) is 3.35. The number of amides is 1. The molecule has 162 valence electrons. The highest BCUT2D eigenvalue weighted by Gasteiger charge is 2.20. The van der Waals surface area contributed by atoms with E-state index in [1.807, 2.05) is 41.2 Å². The maximum absolute atomic E-state index is 12.3. The minimum absolute atomic E-state index is 0.103. The predicted molar refractivity (Wildman–Crippen MR) is 124 cm³/mol. The average molecular weight is 437 g/mol. The summed E-state index contributed by atoms with van der Waals surface area (Å²) >= 11 is 6.16. The number of hydrogen-bond acceptors (Lipinski definition) is 3. The molecule has 0 spiro atoms. The normalized spacial score (nSPS) is 16.9. The van der Waals surface area contributed by atoms with Crippen LogP contribution in [0.1, 0.15) is 36.8 Å². The Morgan fingerprint density at radius 2 is 1.97 bits per heavy atom. The van der Waals surface area contributed by atoms with Crippen LogP contribution in [0.15, 0.2) is 67.0 Å². The summed E-state index contributed by atoms with van der Waals surface area (Å²) in [5, 5.41) is 7.98. The molecule has 5 nitrogen and oxygen atoms in total. The highest BCUT2D eigenvalue weighted by molar-refractivity contribution is 6.31. The van der Waals surface area contributed by atoms with Gasteiger partial charge in [0.2, 0.25) is 5.91 Å². The fourth-order valence-corrected chi connectivity index (χ4v) is 4.43. The topological polar surface area (TPSA) is 50.2 Å². The second kappa shape index (κ2) is 10.6. The zero-order chi connectivity index (χ0) is 21.5. The molecule has 1 saturated heterocycles. The van der Waals surface area contributed by atoms with Gasteiger partial charge in [-0.3, -0.25) is 9.69 Å². The third-order valence-electron chi connectivity index (χ3n) is 5.93. The number of rotatable bonds is 8. The van der Waals surface area contributed by atoms with Crippen molar-refractivity contribution in [2.75, 3.05) is 13.1 Å². The van der Waals surface area contributed by atoms with Gasteiger partial charge in [0.1, 0.15) is 0 Å². The highest BCUT2D eigenvalue weighted by Crippen LogP contribution is 2.23. The Labute approximate surface area is 189 Å². The Balaban J connectivity index is 1.21. The minimum Gasteiger partial charge on any atom is -0.352 e. The van der Waals surface area contributed by atoms with Gasteiger partial charge in [-0.25, -0.2) is 4.68 Å². The number of halogens is 1. The molecule has 0 radical (unpaired) electrons. The van der Waals surface area contributed by atoms with E-state index in [2.05, 4.69) is 39.6 Å². The first kappa shape index (κ1) is 21.6. The molecule has 0 unspecified atom stereocenters. The lowest BCUT2D eigenvalue weighted by molar-refractivity contribution is -0.121. The Morgan fingerprint density at radius 1 is 1.13 bits per heavy atom. The Bertz CT molecular complexity index is 971. The molecule has 3 aromatic rings. The van der Waals surface area contributed by atoms with Gasteiger partial charge in [-0.2, -0.15) is 5.10 Å². The third-order valence-corrected chi connectivity index (χ3v) is 6.30. The van der Waals surface area contributed by atoms with E-state index in [-0.39, 0.29) is 5.91 Å². The Hall–Kier alpha value is -2.63. The number of benzene rings is 2. The van der Waals surface area contributed by atoms with Gasteiger partial charge in [-0.05, 0) is 67.1 Å². The molecule has 0 saturated carbocycles. The molecule has 1 amide bonds. The van der Waals surface area contributed by atoms with E-state index in [1.54, 1.807) is 6.20 Å². The van der Waals surface area contributed by atoms with Crippen LogP contribution in [0.4, 0.5) is 0 Å². The summed E-state index contributed by atoms with van der Waals surface area (Å²) in [6, 6.07) is 18.2. The summed E-state index contributed by atoms with van der Waals surface area (Å²) in [5.74, 6) is 0.675. The molecule has 6 heteroatoms. The summed E-state index contributed by atoms with van der Waals surface area (Å²) in [4.78, 5) is 14.8. The number of carbonyl (C=O) groups is 1. The first-order valence-electron chi connectivity index (χ1n) is 11.0. The van der Waals surface area contributed by atoms with Gasteiger partial charge in [0, 0.05) is 43.5 Å². The molecule has 0 bridgehead atoms. The molecule has 1 atom stereocenters. The fraction of sp³-hybridized carbons (Fsp3) is 0.360. The van der Waals surface area contributed by atoms with Crippen LogP contribution in [0.5, 0.6) is 0 Å². The van der Waals surface area contributed by atoms with E-state index in [0.717, 1.165) is 37.3 Å². The van der Waals surface area contributed by atoms with Gasteiger partial charge in [0.25, 0.3) is 0 Å². The molecule has 2 aromatic carbocycles. The monoisotopic (exact) mass is 436 g/mol. The lowest BCUT2D eigenvalue weighted by Gasteiger charge is -2.32. The van der Waals surface area contributed by atoms with Crippen molar-refractivity contribution in [2.45, 2.75) is 38.8 Å². The van der Waals surface area contributed by atoms with E-state index >= 15 is 0 Å². The van der Waals surface area contributed by atoms with E-state index < -0.39 is 0 Å². The molecular weight excluding hydrogens is 408 g/mol. The lowest BCUT2D eigenvalue weighted by atomic mass is 9.93. The van der Waals surface area contributed by atoms with Gasteiger partial charge in [-0.15, -0.1) is 0 Å². The van der Waals surface area contributed by atoms with Crippen molar-refractivity contribution in [3.05, 3.63) is 83.1 Å². The number of likely N-dealkylation sites (tertiary alicyclic amines) is 1. The smallest absolute Gasteiger partial charge is 0.220 e. The molecule has 1 aliphatic heterocycles. The van der Waals surface area contributed by atoms with Crippen LogP contribution in [-0.4, -0.2) is 33.7 Å². The van der Waals surface area contributed by atoms with Crippen LogP contribution in [0.25, 0.3) is 5.69 Å². The quantitative estimate of drug-likeness (QED) is 0.550. The minimum atomic E-state index is 0.103. The van der Waals surface area contributed by atoms with Gasteiger partial charge < -0.3 is 5.32 Å². The largest absolute Gasteiger partial charge is 0.352 e. The number of carbonyl (C=O) groups excluding carboxylic acids is 1. The molecule has 1 aromatic heterocycles. The predicted octanol–water partition coefficient (Wildman–Crippen LogP) is 4.83. The van der Waals surface area contributed by atoms with Crippen LogP contribution >= 0.6 is 11.6 Å². The summed E-state index contributed by atoms with van der Waals surface area (Å²) in [7, 11) is 0. The third kappa shape index (κ3) is 6.18. The molecule has 1 N–H and O–H groups in total. The van der Waals surface area contributed by atoms with Crippen molar-refractivity contribution >= 4 is 17.5 Å². The summed E-state index contributed by atoms with van der Waals surface area (Å²) in [6.07, 6.45) is 7.64. The van der Waals surface area contributed by atoms with Crippen molar-refractivity contribution in [3.8, 4) is 5.69 Å². The number of nitrogens with zero attached hydrogens (tertiary/aromatic N) is 3. The maximum Gasteiger partial charge on any atom is 0.220 e. The van der Waals surface area contributed by atoms with Crippen molar-refractivity contribution < 1.29 is 4.79 Å². The van der Waals surface area contributed by atoms with Gasteiger partial charge in [0.05, 0.1) is 5.69 Å². The van der Waals surface area contributed by atoms with Crippen LogP contribution in [-0.2, 0) is 17.9 Å². The first-order valence-corrected chi connectivity index (χ1v) is 11.4. The zero-order valence-electron chi connectivity index (χ0n) is 17.7. The van der Waals surface area contributed by atoms with E-state index in [4.69, 9.17) is 11.6 Å². The molecule has 1 aliphatic rings. The molecule has 1 fully saturated rings. The fourth-order valence-electron chi connectivity index (χ4n) is 4.22. The molecule has 4 rings (SSSR count). The molecule has 31 heavy (non-hydrogen) atoms. The standard InChI is InChI=1S/C25H29ClN4O/c26-24-7-2-1-6-22(24)17-27-25(31)13-10-20-5-3-15-29(18-20)19-21-8-11-23(12-9-21)30-16-4-14-28-30/h1-2,4,6-9,11-12,14,16,20H,3,5,10,13,15,17-19H2,(H,27,31)/t20-/m1/s1. The van der Waals surface area contributed by atoms with Crippen LogP contribution in [0.3, 0.4) is 0 Å². The second-order valence-electron chi connectivity index (χ2n) is 8.27. The molecule has 2 heterocycles. The van der Waals surface area contributed by atoms with Gasteiger partial charge in [-0.1, -0.05) is 41.9 Å². The number of hydrogen-bond donors (Lipinski definition) is 1. The van der Waals surface area contributed by atoms with Crippen molar-refractivity contribution in [1.29, 1.82) is 0 Å². The van der Waals surface area contributed by atoms with E-state index in [9.17, 15) is 4.79 Å². The second-order valence-corrected chi connectivity index (χ2v) is 8.67. The van der Waals surface area contributed by atoms with Crippen LogP contribution in [0, 0.1) is 5.92 Å². The number of aromatic nitrogens is 2. The molecule has 0 aliphatic carbocycles. The first-order chi connectivity index (χ1) is 15.2. The van der Waals surface area contributed by atoms with Gasteiger partial charge in [0.15, 0.2) is 0 Å². The number of piperidine rings is 1. The Morgan fingerprint density at radius 3 is 2.74 bits per heavy atom. The Kier molecular flexibility index (Phi) is 7.39. The van der Waals surface area contributed by atoms with Crippen molar-refractivity contribution in [2.24, 2.45) is 5.92 Å². The van der Waals surface area contributed by atoms with Crippen LogP contribution in [0.2, 0.25) is 5.02 Å². The highest BCUT2D eigenvalue weighted by atomic mass is 35.5. The van der Waals surface area contributed by atoms with Gasteiger partial charge >= 0.3 is 0 Å². The SMILES string of the molecule is O=C(CC[C@H]1CCCN(Cc2ccc(-n3cccn3)cc2)C1)NCc1ccccc1Cl. The van der Waals surface area contributed by atoms with E-state index in [1.165, 1.54) is 18.4 Å². The average Bonchev–Trinajstić information content (AvgIpc) is 3.33. The lowest BCUT2D eigenvalue weighted by Crippen LogP contribution is -2.35. The van der Waals surface area contributed by atoms with Crippen LogP contribution < -0.4 is 5.32 Å². The van der Waals surface area contributed by atoms with Crippen molar-refractivity contribution in [1.82, 2.24) is 20.0 Å². The van der Waals surface area contributed by atoms with Crippen molar-refractivity contribution in [3.63, 3.8) is 0 Å². The summed E-state index contributed by atoms with van der Waals surface area (Å²) < 4.78 is 1.87. The maximum atomic E-state index is 12.3. The van der Waals surface area contributed by atoms with E-state index in [0.29, 0.717) is 23.9 Å². The zero-order valence-corrected chi connectivity index (χ0v) is 18.5. The number of nitrogens with one attached hydrogen (secondary N) is 1. The molecular formula is C25H29ClN4O.